The van der Waals surface area contributed by atoms with E-state index in [1.54, 1.807) is 6.07 Å². The molecule has 0 aliphatic heterocycles. The SMILES string of the molecule is Cc1ccc(-c2cc(C(=O)NC(Cc3ccccc3)C3CC(O)C3)[nH]n2)cc1. The van der Waals surface area contributed by atoms with Gasteiger partial charge in [-0.2, -0.15) is 5.10 Å². The van der Waals surface area contributed by atoms with Crippen molar-refractivity contribution in [2.75, 3.05) is 0 Å². The number of aromatic nitrogens is 2. The zero-order valence-electron chi connectivity index (χ0n) is 15.9. The zero-order chi connectivity index (χ0) is 19.5. The van der Waals surface area contributed by atoms with Crippen LogP contribution in [0.5, 0.6) is 0 Å². The highest BCUT2D eigenvalue weighted by molar-refractivity contribution is 5.93. The number of aromatic amines is 1. The van der Waals surface area contributed by atoms with Crippen LogP contribution in [0.2, 0.25) is 0 Å². The second kappa shape index (κ2) is 7.98. The summed E-state index contributed by atoms with van der Waals surface area (Å²) in [6.45, 7) is 2.04. The Bertz CT molecular complexity index is 928. The Kier molecular flexibility index (Phi) is 5.26. The highest BCUT2D eigenvalue weighted by Crippen LogP contribution is 2.32. The van der Waals surface area contributed by atoms with Crippen LogP contribution in [-0.4, -0.2) is 33.4 Å². The van der Waals surface area contributed by atoms with Crippen LogP contribution in [0.1, 0.15) is 34.5 Å². The quantitative estimate of drug-likeness (QED) is 0.617. The molecular weight excluding hydrogens is 350 g/mol. The molecule has 0 saturated heterocycles. The molecule has 144 valence electrons. The lowest BCUT2D eigenvalue weighted by Crippen LogP contribution is -2.48. The predicted octanol–water partition coefficient (Wildman–Crippen LogP) is 3.50. The normalized spacial score (nSPS) is 19.6. The number of nitrogens with zero attached hydrogens (tertiary/aromatic N) is 1. The number of hydrogen-bond donors (Lipinski definition) is 3. The Morgan fingerprint density at radius 1 is 1.18 bits per heavy atom. The van der Waals surface area contributed by atoms with E-state index in [0.717, 1.165) is 30.5 Å². The maximum Gasteiger partial charge on any atom is 0.269 e. The molecular formula is C23H25N3O2. The van der Waals surface area contributed by atoms with Crippen molar-refractivity contribution in [2.45, 2.75) is 38.3 Å². The van der Waals surface area contributed by atoms with Gasteiger partial charge in [-0.15, -0.1) is 0 Å². The number of rotatable bonds is 6. The summed E-state index contributed by atoms with van der Waals surface area (Å²) in [7, 11) is 0. The van der Waals surface area contributed by atoms with E-state index in [1.807, 2.05) is 49.4 Å². The summed E-state index contributed by atoms with van der Waals surface area (Å²) in [4.78, 5) is 12.8. The van der Waals surface area contributed by atoms with Crippen LogP contribution in [0, 0.1) is 12.8 Å². The number of carbonyl (C=O) groups is 1. The number of hydrogen-bond acceptors (Lipinski definition) is 3. The summed E-state index contributed by atoms with van der Waals surface area (Å²) < 4.78 is 0. The maximum absolute atomic E-state index is 12.8. The number of aryl methyl sites for hydroxylation is 1. The first-order valence-corrected chi connectivity index (χ1v) is 9.74. The monoisotopic (exact) mass is 375 g/mol. The van der Waals surface area contributed by atoms with Gasteiger partial charge in [0.15, 0.2) is 0 Å². The first-order valence-electron chi connectivity index (χ1n) is 9.74. The standard InChI is InChI=1S/C23H25N3O2/c1-15-7-9-17(10-8-15)21-14-22(26-25-21)23(28)24-20(18-12-19(27)13-18)11-16-5-3-2-4-6-16/h2-10,14,18-20,27H,11-13H2,1H3,(H,24,28)(H,25,26). The van der Waals surface area contributed by atoms with Crippen molar-refractivity contribution in [2.24, 2.45) is 5.92 Å². The van der Waals surface area contributed by atoms with E-state index in [4.69, 9.17) is 0 Å². The fraction of sp³-hybridized carbons (Fsp3) is 0.304. The molecule has 1 unspecified atom stereocenters. The molecule has 5 nitrogen and oxygen atoms in total. The summed E-state index contributed by atoms with van der Waals surface area (Å²) >= 11 is 0. The van der Waals surface area contributed by atoms with E-state index in [-0.39, 0.29) is 18.1 Å². The predicted molar refractivity (Wildman–Crippen MR) is 109 cm³/mol. The fourth-order valence-electron chi connectivity index (χ4n) is 3.72. The molecule has 5 heteroatoms. The van der Waals surface area contributed by atoms with Crippen LogP contribution in [0.15, 0.2) is 60.7 Å². The minimum Gasteiger partial charge on any atom is -0.393 e. The third-order valence-electron chi connectivity index (χ3n) is 5.50. The van der Waals surface area contributed by atoms with Crippen molar-refractivity contribution < 1.29 is 9.90 Å². The molecule has 3 aromatic rings. The molecule has 0 radical (unpaired) electrons. The van der Waals surface area contributed by atoms with Crippen molar-refractivity contribution >= 4 is 5.91 Å². The summed E-state index contributed by atoms with van der Waals surface area (Å²) in [6, 6.07) is 20.0. The van der Waals surface area contributed by atoms with Gasteiger partial charge in [0.05, 0.1) is 11.8 Å². The van der Waals surface area contributed by atoms with Crippen LogP contribution < -0.4 is 5.32 Å². The molecule has 1 heterocycles. The lowest BCUT2D eigenvalue weighted by Gasteiger charge is -2.38. The summed E-state index contributed by atoms with van der Waals surface area (Å²) in [5, 5.41) is 20.0. The molecule has 1 aliphatic rings. The molecule has 1 aliphatic carbocycles. The Balaban J connectivity index is 1.47. The zero-order valence-corrected chi connectivity index (χ0v) is 15.9. The average Bonchev–Trinajstić information content (AvgIpc) is 3.17. The van der Waals surface area contributed by atoms with Gasteiger partial charge in [0.2, 0.25) is 0 Å². The molecule has 0 bridgehead atoms. The van der Waals surface area contributed by atoms with E-state index in [9.17, 15) is 9.90 Å². The maximum atomic E-state index is 12.8. The van der Waals surface area contributed by atoms with Crippen LogP contribution in [-0.2, 0) is 6.42 Å². The van der Waals surface area contributed by atoms with E-state index in [0.29, 0.717) is 11.6 Å². The average molecular weight is 375 g/mol. The van der Waals surface area contributed by atoms with Crippen molar-refractivity contribution in [3.63, 3.8) is 0 Å². The first-order chi connectivity index (χ1) is 13.6. The second-order valence-corrected chi connectivity index (χ2v) is 7.69. The minimum absolute atomic E-state index is 0.00979. The van der Waals surface area contributed by atoms with E-state index in [1.165, 1.54) is 11.1 Å². The summed E-state index contributed by atoms with van der Waals surface area (Å²) in [6.07, 6.45) is 1.97. The molecule has 1 atom stereocenters. The van der Waals surface area contributed by atoms with E-state index >= 15 is 0 Å². The second-order valence-electron chi connectivity index (χ2n) is 7.69. The molecule has 28 heavy (non-hydrogen) atoms. The Morgan fingerprint density at radius 2 is 1.89 bits per heavy atom. The van der Waals surface area contributed by atoms with Crippen LogP contribution in [0.25, 0.3) is 11.3 Å². The topological polar surface area (TPSA) is 78.0 Å². The number of aliphatic hydroxyl groups excluding tert-OH is 1. The molecule has 1 saturated carbocycles. The third-order valence-corrected chi connectivity index (χ3v) is 5.50. The Morgan fingerprint density at radius 3 is 2.57 bits per heavy atom. The molecule has 1 fully saturated rings. The van der Waals surface area contributed by atoms with Crippen LogP contribution >= 0.6 is 0 Å². The van der Waals surface area contributed by atoms with Gasteiger partial charge in [-0.05, 0) is 43.7 Å². The van der Waals surface area contributed by atoms with Crippen molar-refractivity contribution in [3.8, 4) is 11.3 Å². The van der Waals surface area contributed by atoms with E-state index < -0.39 is 0 Å². The number of carbonyl (C=O) groups excluding carboxylic acids is 1. The van der Waals surface area contributed by atoms with Gasteiger partial charge in [0.1, 0.15) is 5.69 Å². The molecule has 3 N–H and O–H groups in total. The molecule has 1 amide bonds. The minimum atomic E-state index is -0.250. The molecule has 0 spiro atoms. The third kappa shape index (κ3) is 4.15. The lowest BCUT2D eigenvalue weighted by atomic mass is 9.75. The van der Waals surface area contributed by atoms with Gasteiger partial charge in [-0.25, -0.2) is 0 Å². The number of nitrogens with one attached hydrogen (secondary N) is 2. The highest BCUT2D eigenvalue weighted by atomic mass is 16.3. The summed E-state index contributed by atoms with van der Waals surface area (Å²) in [5.41, 5.74) is 4.55. The molecule has 1 aromatic heterocycles. The van der Waals surface area contributed by atoms with Gasteiger partial charge < -0.3 is 10.4 Å². The van der Waals surface area contributed by atoms with Crippen molar-refractivity contribution in [1.82, 2.24) is 15.5 Å². The van der Waals surface area contributed by atoms with Crippen molar-refractivity contribution in [1.29, 1.82) is 0 Å². The van der Waals surface area contributed by atoms with Gasteiger partial charge >= 0.3 is 0 Å². The number of benzene rings is 2. The van der Waals surface area contributed by atoms with Gasteiger partial charge in [-0.3, -0.25) is 9.89 Å². The van der Waals surface area contributed by atoms with Gasteiger partial charge in [0, 0.05) is 11.6 Å². The Labute approximate surface area is 164 Å². The lowest BCUT2D eigenvalue weighted by molar-refractivity contribution is 0.0239. The molecule has 2 aromatic carbocycles. The first kappa shape index (κ1) is 18.4. The van der Waals surface area contributed by atoms with E-state index in [2.05, 4.69) is 27.6 Å². The van der Waals surface area contributed by atoms with Crippen LogP contribution in [0.3, 0.4) is 0 Å². The van der Waals surface area contributed by atoms with Crippen molar-refractivity contribution in [3.05, 3.63) is 77.5 Å². The highest BCUT2D eigenvalue weighted by Gasteiger charge is 2.35. The summed E-state index contributed by atoms with van der Waals surface area (Å²) in [5.74, 6) is 0.131. The molecule has 4 rings (SSSR count). The van der Waals surface area contributed by atoms with Gasteiger partial charge in [0.25, 0.3) is 5.91 Å². The number of amides is 1. The number of H-pyrrole nitrogens is 1. The smallest absolute Gasteiger partial charge is 0.269 e. The van der Waals surface area contributed by atoms with Crippen LogP contribution in [0.4, 0.5) is 0 Å². The number of aliphatic hydroxyl groups is 1. The van der Waals surface area contributed by atoms with Gasteiger partial charge in [-0.1, -0.05) is 60.2 Å². The Hall–Kier alpha value is -2.92. The fourth-order valence-corrected chi connectivity index (χ4v) is 3.72. The largest absolute Gasteiger partial charge is 0.393 e.